The summed E-state index contributed by atoms with van der Waals surface area (Å²) < 4.78 is 0. The highest BCUT2D eigenvalue weighted by Crippen LogP contribution is 2.18. The van der Waals surface area contributed by atoms with Crippen molar-refractivity contribution >= 4 is 0 Å². The molecule has 0 fully saturated rings. The van der Waals surface area contributed by atoms with Gasteiger partial charge in [0.2, 0.25) is 0 Å². The molecular formula is C9H13. The summed E-state index contributed by atoms with van der Waals surface area (Å²) in [6.07, 6.45) is 9.19. The van der Waals surface area contributed by atoms with E-state index in [0.717, 1.165) is 6.42 Å². The Hall–Kier alpha value is -0.520. The van der Waals surface area contributed by atoms with Crippen LogP contribution in [-0.4, -0.2) is 0 Å². The third kappa shape index (κ3) is 1.70. The van der Waals surface area contributed by atoms with Gasteiger partial charge in [-0.1, -0.05) is 25.0 Å². The van der Waals surface area contributed by atoms with Gasteiger partial charge in [0.25, 0.3) is 0 Å². The van der Waals surface area contributed by atoms with Crippen LogP contribution in [0.1, 0.15) is 33.1 Å². The van der Waals surface area contributed by atoms with Crippen molar-refractivity contribution < 1.29 is 0 Å². The SMILES string of the molecule is CCCC1=CCC(C)=[C]1. The van der Waals surface area contributed by atoms with Gasteiger partial charge in [-0.3, -0.25) is 0 Å². The van der Waals surface area contributed by atoms with Crippen LogP contribution in [0.2, 0.25) is 0 Å². The van der Waals surface area contributed by atoms with Gasteiger partial charge in [0.05, 0.1) is 0 Å². The summed E-state index contributed by atoms with van der Waals surface area (Å²) in [6, 6.07) is 0. The molecule has 1 aliphatic rings. The standard InChI is InChI=1S/C9H13/c1-3-4-9-6-5-8(2)7-9/h6H,3-5H2,1-2H3. The summed E-state index contributed by atoms with van der Waals surface area (Å²) in [4.78, 5) is 0. The van der Waals surface area contributed by atoms with Crippen molar-refractivity contribution in [2.24, 2.45) is 0 Å². The average Bonchev–Trinajstić information content (AvgIpc) is 2.17. The van der Waals surface area contributed by atoms with Crippen molar-refractivity contribution in [2.45, 2.75) is 33.1 Å². The van der Waals surface area contributed by atoms with Gasteiger partial charge >= 0.3 is 0 Å². The van der Waals surface area contributed by atoms with Gasteiger partial charge in [-0.25, -0.2) is 0 Å². The average molecular weight is 121 g/mol. The zero-order chi connectivity index (χ0) is 6.69. The molecule has 0 aromatic carbocycles. The minimum Gasteiger partial charge on any atom is -0.0766 e. The molecule has 1 aliphatic carbocycles. The number of hydrogen-bond acceptors (Lipinski definition) is 0. The molecule has 49 valence electrons. The second-order valence-electron chi connectivity index (χ2n) is 2.59. The van der Waals surface area contributed by atoms with Crippen molar-refractivity contribution in [3.63, 3.8) is 0 Å². The summed E-state index contributed by atoms with van der Waals surface area (Å²) in [7, 11) is 0. The van der Waals surface area contributed by atoms with Crippen LogP contribution in [0.15, 0.2) is 17.2 Å². The van der Waals surface area contributed by atoms with Gasteiger partial charge in [0.15, 0.2) is 0 Å². The van der Waals surface area contributed by atoms with Crippen molar-refractivity contribution in [3.8, 4) is 0 Å². The van der Waals surface area contributed by atoms with Crippen molar-refractivity contribution in [1.29, 1.82) is 0 Å². The molecule has 9 heavy (non-hydrogen) atoms. The maximum absolute atomic E-state index is 3.33. The van der Waals surface area contributed by atoms with E-state index >= 15 is 0 Å². The molecule has 0 unspecified atom stereocenters. The quantitative estimate of drug-likeness (QED) is 0.527. The first kappa shape index (κ1) is 6.60. The number of hydrogen-bond donors (Lipinski definition) is 0. The molecule has 0 bridgehead atoms. The summed E-state index contributed by atoms with van der Waals surface area (Å²) in [5.41, 5.74) is 2.80. The van der Waals surface area contributed by atoms with E-state index in [9.17, 15) is 0 Å². The minimum absolute atomic E-state index is 1.13. The van der Waals surface area contributed by atoms with E-state index in [1.165, 1.54) is 24.0 Å². The van der Waals surface area contributed by atoms with Crippen LogP contribution in [0.5, 0.6) is 0 Å². The maximum Gasteiger partial charge on any atom is -0.0126 e. The third-order valence-corrected chi connectivity index (χ3v) is 1.55. The second kappa shape index (κ2) is 2.86. The Balaban J connectivity index is 2.43. The van der Waals surface area contributed by atoms with Crippen LogP contribution >= 0.6 is 0 Å². The van der Waals surface area contributed by atoms with Crippen LogP contribution in [-0.2, 0) is 0 Å². The smallest absolute Gasteiger partial charge is 0.0126 e. The van der Waals surface area contributed by atoms with E-state index in [1.54, 1.807) is 0 Å². The molecule has 0 saturated heterocycles. The fourth-order valence-corrected chi connectivity index (χ4v) is 1.09. The van der Waals surface area contributed by atoms with Crippen LogP contribution in [0.4, 0.5) is 0 Å². The lowest BCUT2D eigenvalue weighted by Crippen LogP contribution is -1.72. The van der Waals surface area contributed by atoms with Crippen molar-refractivity contribution in [2.75, 3.05) is 0 Å². The lowest BCUT2D eigenvalue weighted by Gasteiger charge is -1.90. The molecular weight excluding hydrogens is 108 g/mol. The number of rotatable bonds is 2. The first-order valence-corrected chi connectivity index (χ1v) is 3.61. The molecule has 0 heteroatoms. The highest BCUT2D eigenvalue weighted by molar-refractivity contribution is 5.25. The Labute approximate surface area is 57.3 Å². The molecule has 0 aliphatic heterocycles. The molecule has 1 rings (SSSR count). The van der Waals surface area contributed by atoms with Crippen molar-refractivity contribution in [1.82, 2.24) is 0 Å². The summed E-state index contributed by atoms with van der Waals surface area (Å²) in [6.45, 7) is 4.34. The first-order chi connectivity index (χ1) is 4.33. The van der Waals surface area contributed by atoms with E-state index in [1.807, 2.05) is 0 Å². The second-order valence-corrected chi connectivity index (χ2v) is 2.59. The van der Waals surface area contributed by atoms with Crippen LogP contribution in [0.25, 0.3) is 0 Å². The predicted molar refractivity (Wildman–Crippen MR) is 40.0 cm³/mol. The lowest BCUT2D eigenvalue weighted by atomic mass is 10.2. The molecule has 0 heterocycles. The largest absolute Gasteiger partial charge is 0.0766 e. The first-order valence-electron chi connectivity index (χ1n) is 3.61. The van der Waals surface area contributed by atoms with Gasteiger partial charge in [-0.15, -0.1) is 0 Å². The lowest BCUT2D eigenvalue weighted by molar-refractivity contribution is 0.923. The summed E-state index contributed by atoms with van der Waals surface area (Å²) in [5.74, 6) is 0. The fraction of sp³-hybridized carbons (Fsp3) is 0.556. The normalized spacial score (nSPS) is 17.6. The Morgan fingerprint density at radius 1 is 1.67 bits per heavy atom. The maximum atomic E-state index is 3.33. The molecule has 0 atom stereocenters. The topological polar surface area (TPSA) is 0 Å². The van der Waals surface area contributed by atoms with Gasteiger partial charge in [0, 0.05) is 0 Å². The third-order valence-electron chi connectivity index (χ3n) is 1.55. The van der Waals surface area contributed by atoms with E-state index < -0.39 is 0 Å². The monoisotopic (exact) mass is 121 g/mol. The van der Waals surface area contributed by atoms with Gasteiger partial charge in [-0.2, -0.15) is 0 Å². The van der Waals surface area contributed by atoms with E-state index in [-0.39, 0.29) is 0 Å². The number of allylic oxidation sites excluding steroid dienone is 4. The Bertz CT molecular complexity index is 149. The fourth-order valence-electron chi connectivity index (χ4n) is 1.09. The molecule has 0 aromatic rings. The van der Waals surface area contributed by atoms with Crippen LogP contribution < -0.4 is 0 Å². The summed E-state index contributed by atoms with van der Waals surface area (Å²) >= 11 is 0. The van der Waals surface area contributed by atoms with Gasteiger partial charge < -0.3 is 0 Å². The van der Waals surface area contributed by atoms with E-state index in [4.69, 9.17) is 0 Å². The molecule has 0 nitrogen and oxygen atoms in total. The highest BCUT2D eigenvalue weighted by Gasteiger charge is 2.00. The van der Waals surface area contributed by atoms with Crippen LogP contribution in [0, 0.1) is 6.08 Å². The highest BCUT2D eigenvalue weighted by atomic mass is 14.1. The van der Waals surface area contributed by atoms with Crippen molar-refractivity contribution in [3.05, 3.63) is 23.3 Å². The van der Waals surface area contributed by atoms with Crippen LogP contribution in [0.3, 0.4) is 0 Å². The van der Waals surface area contributed by atoms with Gasteiger partial charge in [-0.05, 0) is 31.4 Å². The van der Waals surface area contributed by atoms with E-state index in [2.05, 4.69) is 26.0 Å². The molecule has 0 saturated carbocycles. The molecule has 0 aromatic heterocycles. The Kier molecular flexibility index (Phi) is 2.10. The zero-order valence-corrected chi connectivity index (χ0v) is 6.20. The van der Waals surface area contributed by atoms with E-state index in [0.29, 0.717) is 0 Å². The predicted octanol–water partition coefficient (Wildman–Crippen LogP) is 2.87. The Morgan fingerprint density at radius 2 is 2.44 bits per heavy atom. The Morgan fingerprint density at radius 3 is 2.89 bits per heavy atom. The molecule has 1 radical (unpaired) electrons. The summed E-state index contributed by atoms with van der Waals surface area (Å²) in [5, 5.41) is 0. The molecule has 0 spiro atoms. The molecule has 0 amide bonds. The van der Waals surface area contributed by atoms with Gasteiger partial charge in [0.1, 0.15) is 0 Å². The zero-order valence-electron chi connectivity index (χ0n) is 6.20. The molecule has 0 N–H and O–H groups in total. The minimum atomic E-state index is 1.13.